The summed E-state index contributed by atoms with van der Waals surface area (Å²) in [5.74, 6) is 0.304. The molecule has 2 aromatic rings. The van der Waals surface area contributed by atoms with Crippen molar-refractivity contribution < 1.29 is 14.1 Å². The van der Waals surface area contributed by atoms with Gasteiger partial charge in [0.15, 0.2) is 5.69 Å². The molecule has 0 aliphatic carbocycles. The first-order chi connectivity index (χ1) is 7.69. The minimum Gasteiger partial charge on any atom is -0.466 e. The van der Waals surface area contributed by atoms with Gasteiger partial charge < -0.3 is 9.26 Å². The minimum atomic E-state index is -0.435. The van der Waals surface area contributed by atoms with Crippen LogP contribution in [0.15, 0.2) is 10.6 Å². The van der Waals surface area contributed by atoms with Crippen molar-refractivity contribution in [1.29, 1.82) is 0 Å². The molecule has 0 unspecified atom stereocenters. The van der Waals surface area contributed by atoms with Gasteiger partial charge in [0.25, 0.3) is 5.91 Å². The van der Waals surface area contributed by atoms with Crippen molar-refractivity contribution in [3.05, 3.63) is 17.5 Å². The third kappa shape index (κ3) is 2.00. The molecule has 0 spiro atoms. The highest BCUT2D eigenvalue weighted by molar-refractivity contribution is 6.01. The Labute approximate surface area is 90.0 Å². The highest BCUT2D eigenvalue weighted by Crippen LogP contribution is 2.07. The van der Waals surface area contributed by atoms with Gasteiger partial charge in [0.1, 0.15) is 5.76 Å². The molecule has 0 aliphatic rings. The molecule has 2 aromatic heterocycles. The number of rotatable bonds is 3. The van der Waals surface area contributed by atoms with Gasteiger partial charge >= 0.3 is 6.01 Å². The van der Waals surface area contributed by atoms with Gasteiger partial charge in [0.2, 0.25) is 5.95 Å². The van der Waals surface area contributed by atoms with Crippen LogP contribution in [0.4, 0.5) is 5.95 Å². The summed E-state index contributed by atoms with van der Waals surface area (Å²) in [6.07, 6.45) is 0. The molecule has 2 N–H and O–H groups in total. The summed E-state index contributed by atoms with van der Waals surface area (Å²) in [5, 5.41) is 12.2. The van der Waals surface area contributed by atoms with E-state index in [0.29, 0.717) is 5.76 Å². The zero-order valence-corrected chi connectivity index (χ0v) is 8.64. The molecule has 8 heteroatoms. The largest absolute Gasteiger partial charge is 0.466 e. The van der Waals surface area contributed by atoms with E-state index in [9.17, 15) is 4.79 Å². The monoisotopic (exact) mass is 223 g/mol. The van der Waals surface area contributed by atoms with Crippen LogP contribution < -0.4 is 10.1 Å². The molecule has 0 aromatic carbocycles. The number of H-pyrrole nitrogens is 1. The number of carbonyl (C=O) groups is 1. The third-order valence-electron chi connectivity index (χ3n) is 1.74. The predicted octanol–water partition coefficient (Wildman–Crippen LogP) is 0.362. The second-order valence-electron chi connectivity index (χ2n) is 2.95. The fourth-order valence-corrected chi connectivity index (χ4v) is 1.04. The number of anilines is 1. The average molecular weight is 223 g/mol. The van der Waals surface area contributed by atoms with Crippen molar-refractivity contribution in [3.63, 3.8) is 0 Å². The second kappa shape index (κ2) is 4.01. The van der Waals surface area contributed by atoms with Crippen molar-refractivity contribution in [2.75, 3.05) is 12.4 Å². The molecule has 8 nitrogen and oxygen atoms in total. The fourth-order valence-electron chi connectivity index (χ4n) is 1.04. The molecule has 2 heterocycles. The summed E-state index contributed by atoms with van der Waals surface area (Å²) in [5.41, 5.74) is 0.174. The number of ether oxygens (including phenoxy) is 1. The normalized spacial score (nSPS) is 10.1. The number of amides is 1. The van der Waals surface area contributed by atoms with Gasteiger partial charge in [0.05, 0.1) is 7.11 Å². The highest BCUT2D eigenvalue weighted by Gasteiger charge is 2.13. The summed E-state index contributed by atoms with van der Waals surface area (Å²) in [6.45, 7) is 1.70. The standard InChI is InChI=1S/C8H9N5O3/c1-4-3-5(13-16-4)6(14)9-7-10-8(15-2)12-11-7/h3H,1-2H3,(H2,9,10,11,12,14). The lowest BCUT2D eigenvalue weighted by molar-refractivity contribution is 0.101. The van der Waals surface area contributed by atoms with Gasteiger partial charge in [-0.05, 0) is 6.92 Å². The van der Waals surface area contributed by atoms with Crippen LogP contribution in [0.1, 0.15) is 16.2 Å². The van der Waals surface area contributed by atoms with Crippen molar-refractivity contribution >= 4 is 11.9 Å². The van der Waals surface area contributed by atoms with E-state index in [2.05, 4.69) is 25.7 Å². The molecule has 1 amide bonds. The van der Waals surface area contributed by atoms with E-state index in [1.807, 2.05) is 0 Å². The predicted molar refractivity (Wildman–Crippen MR) is 52.1 cm³/mol. The third-order valence-corrected chi connectivity index (χ3v) is 1.74. The Balaban J connectivity index is 2.07. The number of aryl methyl sites for hydroxylation is 1. The van der Waals surface area contributed by atoms with E-state index in [0.717, 1.165) is 0 Å². The molecule has 0 atom stereocenters. The summed E-state index contributed by atoms with van der Waals surface area (Å²) in [4.78, 5) is 15.4. The number of carbonyl (C=O) groups excluding carboxylic acids is 1. The zero-order chi connectivity index (χ0) is 11.5. The SMILES string of the molecule is COc1n[nH]c(NC(=O)c2cc(C)on2)n1. The molecule has 16 heavy (non-hydrogen) atoms. The van der Waals surface area contributed by atoms with E-state index in [1.165, 1.54) is 13.2 Å². The zero-order valence-electron chi connectivity index (χ0n) is 8.64. The molecule has 2 rings (SSSR count). The highest BCUT2D eigenvalue weighted by atomic mass is 16.5. The van der Waals surface area contributed by atoms with Crippen molar-refractivity contribution in [3.8, 4) is 6.01 Å². The molecular weight excluding hydrogens is 214 g/mol. The summed E-state index contributed by atoms with van der Waals surface area (Å²) in [6, 6.07) is 1.66. The second-order valence-corrected chi connectivity index (χ2v) is 2.95. The molecule has 0 saturated carbocycles. The van der Waals surface area contributed by atoms with Crippen LogP contribution in [-0.4, -0.2) is 33.4 Å². The number of nitrogens with one attached hydrogen (secondary N) is 2. The lowest BCUT2D eigenvalue weighted by Gasteiger charge is -1.95. The van der Waals surface area contributed by atoms with Gasteiger partial charge in [-0.25, -0.2) is 5.10 Å². The van der Waals surface area contributed by atoms with Crippen LogP contribution in [0.3, 0.4) is 0 Å². The molecule has 0 bridgehead atoms. The smallest absolute Gasteiger partial charge is 0.336 e. The number of nitrogens with zero attached hydrogens (tertiary/aromatic N) is 3. The van der Waals surface area contributed by atoms with Crippen molar-refractivity contribution in [2.45, 2.75) is 6.92 Å². The Bertz CT molecular complexity index is 503. The first-order valence-corrected chi connectivity index (χ1v) is 4.40. The maximum Gasteiger partial charge on any atom is 0.336 e. The molecule has 84 valence electrons. The molecule has 0 radical (unpaired) electrons. The Kier molecular flexibility index (Phi) is 2.54. The number of aromatic amines is 1. The Morgan fingerprint density at radius 3 is 3.00 bits per heavy atom. The molecule has 0 aliphatic heterocycles. The quantitative estimate of drug-likeness (QED) is 0.778. The van der Waals surface area contributed by atoms with Crippen molar-refractivity contribution in [1.82, 2.24) is 20.3 Å². The topological polar surface area (TPSA) is 106 Å². The lowest BCUT2D eigenvalue weighted by atomic mass is 10.3. The number of hydrogen-bond acceptors (Lipinski definition) is 6. The first kappa shape index (κ1) is 10.1. The summed E-state index contributed by atoms with van der Waals surface area (Å²) in [7, 11) is 1.43. The van der Waals surface area contributed by atoms with Gasteiger partial charge in [-0.3, -0.25) is 10.1 Å². The Morgan fingerprint density at radius 1 is 1.62 bits per heavy atom. The molecule has 0 saturated heterocycles. The number of hydrogen-bond donors (Lipinski definition) is 2. The van der Waals surface area contributed by atoms with E-state index in [1.54, 1.807) is 6.92 Å². The minimum absolute atomic E-state index is 0.145. The lowest BCUT2D eigenvalue weighted by Crippen LogP contribution is -2.13. The number of aromatic nitrogens is 4. The van der Waals surface area contributed by atoms with Crippen LogP contribution in [0.25, 0.3) is 0 Å². The summed E-state index contributed by atoms with van der Waals surface area (Å²) < 4.78 is 9.52. The molecular formula is C8H9N5O3. The van der Waals surface area contributed by atoms with Crippen LogP contribution >= 0.6 is 0 Å². The fraction of sp³-hybridized carbons (Fsp3) is 0.250. The van der Waals surface area contributed by atoms with Gasteiger partial charge in [-0.1, -0.05) is 5.16 Å². The summed E-state index contributed by atoms with van der Waals surface area (Å²) >= 11 is 0. The van der Waals surface area contributed by atoms with Crippen LogP contribution in [0.5, 0.6) is 6.01 Å². The van der Waals surface area contributed by atoms with E-state index < -0.39 is 5.91 Å². The molecule has 0 fully saturated rings. The Morgan fingerprint density at radius 2 is 2.44 bits per heavy atom. The number of methoxy groups -OCH3 is 1. The first-order valence-electron chi connectivity index (χ1n) is 4.40. The van der Waals surface area contributed by atoms with Crippen molar-refractivity contribution in [2.24, 2.45) is 0 Å². The maximum atomic E-state index is 11.6. The average Bonchev–Trinajstić information content (AvgIpc) is 2.87. The van der Waals surface area contributed by atoms with Crippen LogP contribution in [0, 0.1) is 6.92 Å². The Hall–Kier alpha value is -2.38. The van der Waals surface area contributed by atoms with Gasteiger partial charge in [-0.2, -0.15) is 4.98 Å². The van der Waals surface area contributed by atoms with E-state index in [-0.39, 0.29) is 17.7 Å². The van der Waals surface area contributed by atoms with Crippen LogP contribution in [0.2, 0.25) is 0 Å². The van der Waals surface area contributed by atoms with Gasteiger partial charge in [0, 0.05) is 6.07 Å². The van der Waals surface area contributed by atoms with E-state index >= 15 is 0 Å². The maximum absolute atomic E-state index is 11.6. The van der Waals surface area contributed by atoms with E-state index in [4.69, 9.17) is 9.26 Å². The van der Waals surface area contributed by atoms with Gasteiger partial charge in [-0.15, -0.1) is 5.10 Å². The van der Waals surface area contributed by atoms with Crippen LogP contribution in [-0.2, 0) is 0 Å².